The minimum absolute atomic E-state index is 0.0176. The van der Waals surface area contributed by atoms with Crippen molar-refractivity contribution in [3.63, 3.8) is 0 Å². The third kappa shape index (κ3) is 5.24. The third-order valence-electron chi connectivity index (χ3n) is 5.19. The molecule has 182 valence electrons. The van der Waals surface area contributed by atoms with E-state index in [9.17, 15) is 4.79 Å². The SMILES string of the molecule is COc1cc2ncnc(Oc3cnc(CC(=O)Nc4cnn(C(C)C)c4)c(OC)c3)c2cc1OC. The van der Waals surface area contributed by atoms with E-state index in [0.29, 0.717) is 51.2 Å². The highest BCUT2D eigenvalue weighted by Gasteiger charge is 2.16. The number of benzene rings is 1. The van der Waals surface area contributed by atoms with Crippen LogP contribution in [0.2, 0.25) is 0 Å². The Labute approximate surface area is 202 Å². The van der Waals surface area contributed by atoms with Crippen molar-refractivity contribution in [1.29, 1.82) is 0 Å². The van der Waals surface area contributed by atoms with Gasteiger partial charge in [0.05, 0.1) is 62.4 Å². The van der Waals surface area contributed by atoms with Crippen molar-refractivity contribution in [3.05, 3.63) is 48.8 Å². The first-order chi connectivity index (χ1) is 16.9. The molecule has 3 aromatic heterocycles. The number of fused-ring (bicyclic) bond motifs is 1. The van der Waals surface area contributed by atoms with Crippen LogP contribution in [0.15, 0.2) is 43.1 Å². The molecule has 4 rings (SSSR count). The van der Waals surface area contributed by atoms with Gasteiger partial charge in [-0.05, 0) is 19.9 Å². The van der Waals surface area contributed by atoms with E-state index in [0.717, 1.165) is 0 Å². The monoisotopic (exact) mass is 478 g/mol. The predicted octanol–water partition coefficient (Wildman–Crippen LogP) is 3.80. The van der Waals surface area contributed by atoms with Gasteiger partial charge in [0.15, 0.2) is 17.2 Å². The van der Waals surface area contributed by atoms with Gasteiger partial charge in [-0.15, -0.1) is 0 Å². The number of hydrogen-bond acceptors (Lipinski definition) is 9. The molecule has 0 aliphatic heterocycles. The van der Waals surface area contributed by atoms with Gasteiger partial charge >= 0.3 is 0 Å². The van der Waals surface area contributed by atoms with Crippen LogP contribution in [0.5, 0.6) is 28.9 Å². The lowest BCUT2D eigenvalue weighted by atomic mass is 10.2. The highest BCUT2D eigenvalue weighted by Crippen LogP contribution is 2.36. The van der Waals surface area contributed by atoms with Gasteiger partial charge in [-0.25, -0.2) is 9.97 Å². The summed E-state index contributed by atoms with van der Waals surface area (Å²) < 4.78 is 23.9. The van der Waals surface area contributed by atoms with Crippen molar-refractivity contribution < 1.29 is 23.7 Å². The van der Waals surface area contributed by atoms with Crippen molar-refractivity contribution in [2.45, 2.75) is 26.3 Å². The zero-order chi connectivity index (χ0) is 24.9. The number of anilines is 1. The molecular weight excluding hydrogens is 452 g/mol. The summed E-state index contributed by atoms with van der Waals surface area (Å²) in [6.45, 7) is 4.02. The third-order valence-corrected chi connectivity index (χ3v) is 5.19. The largest absolute Gasteiger partial charge is 0.495 e. The molecule has 0 saturated carbocycles. The molecule has 0 aliphatic rings. The van der Waals surface area contributed by atoms with Crippen molar-refractivity contribution in [3.8, 4) is 28.9 Å². The van der Waals surface area contributed by atoms with E-state index >= 15 is 0 Å². The Bertz CT molecular complexity index is 1350. The highest BCUT2D eigenvalue weighted by molar-refractivity contribution is 5.92. The van der Waals surface area contributed by atoms with Gasteiger partial charge in [-0.1, -0.05) is 0 Å². The number of amides is 1. The van der Waals surface area contributed by atoms with Gasteiger partial charge in [-0.2, -0.15) is 5.10 Å². The number of methoxy groups -OCH3 is 3. The summed E-state index contributed by atoms with van der Waals surface area (Å²) >= 11 is 0. The normalized spacial score (nSPS) is 10.9. The average Bonchev–Trinajstić information content (AvgIpc) is 3.33. The quantitative estimate of drug-likeness (QED) is 0.383. The van der Waals surface area contributed by atoms with Crippen molar-refractivity contribution in [2.75, 3.05) is 26.6 Å². The van der Waals surface area contributed by atoms with E-state index in [2.05, 4.69) is 25.4 Å². The van der Waals surface area contributed by atoms with Gasteiger partial charge in [0.25, 0.3) is 0 Å². The summed E-state index contributed by atoms with van der Waals surface area (Å²) in [6.07, 6.45) is 6.31. The summed E-state index contributed by atoms with van der Waals surface area (Å²) in [7, 11) is 4.61. The Hall–Kier alpha value is -4.41. The number of carbonyl (C=O) groups is 1. The van der Waals surface area contributed by atoms with Gasteiger partial charge < -0.3 is 24.3 Å². The Morgan fingerprint density at radius 2 is 1.71 bits per heavy atom. The maximum absolute atomic E-state index is 12.6. The first-order valence-corrected chi connectivity index (χ1v) is 10.8. The van der Waals surface area contributed by atoms with Crippen molar-refractivity contribution in [1.82, 2.24) is 24.7 Å². The Kier molecular flexibility index (Phi) is 6.95. The highest BCUT2D eigenvalue weighted by atomic mass is 16.5. The average molecular weight is 479 g/mol. The van der Waals surface area contributed by atoms with Crippen LogP contribution in [-0.4, -0.2) is 52.0 Å². The van der Waals surface area contributed by atoms with Gasteiger partial charge in [0.1, 0.15) is 12.1 Å². The van der Waals surface area contributed by atoms with Crippen LogP contribution < -0.4 is 24.3 Å². The summed E-state index contributed by atoms with van der Waals surface area (Å²) in [4.78, 5) is 25.5. The fraction of sp³-hybridized carbons (Fsp3) is 0.292. The topological polar surface area (TPSA) is 123 Å². The van der Waals surface area contributed by atoms with E-state index in [1.807, 2.05) is 13.8 Å². The zero-order valence-electron chi connectivity index (χ0n) is 20.1. The molecule has 0 spiro atoms. The van der Waals surface area contributed by atoms with Crippen LogP contribution in [-0.2, 0) is 11.2 Å². The number of aromatic nitrogens is 5. The van der Waals surface area contributed by atoms with E-state index < -0.39 is 0 Å². The molecule has 11 heteroatoms. The Morgan fingerprint density at radius 1 is 0.971 bits per heavy atom. The molecule has 0 bridgehead atoms. The second-order valence-electron chi connectivity index (χ2n) is 7.85. The fourth-order valence-electron chi connectivity index (χ4n) is 3.41. The summed E-state index contributed by atoms with van der Waals surface area (Å²) in [5, 5.41) is 7.68. The van der Waals surface area contributed by atoms with Crippen LogP contribution in [0.4, 0.5) is 5.69 Å². The summed E-state index contributed by atoms with van der Waals surface area (Å²) in [5.74, 6) is 1.94. The molecule has 1 aromatic carbocycles. The second kappa shape index (κ2) is 10.2. The lowest BCUT2D eigenvalue weighted by Gasteiger charge is -2.13. The van der Waals surface area contributed by atoms with E-state index in [-0.39, 0.29) is 18.4 Å². The zero-order valence-corrected chi connectivity index (χ0v) is 20.1. The number of nitrogens with one attached hydrogen (secondary N) is 1. The smallest absolute Gasteiger partial charge is 0.230 e. The number of pyridine rings is 1. The molecule has 1 amide bonds. The molecule has 0 atom stereocenters. The number of nitrogens with zero attached hydrogens (tertiary/aromatic N) is 5. The molecule has 4 aromatic rings. The molecule has 3 heterocycles. The van der Waals surface area contributed by atoms with Crippen LogP contribution in [0.3, 0.4) is 0 Å². The van der Waals surface area contributed by atoms with E-state index in [1.54, 1.807) is 49.5 Å². The number of ether oxygens (including phenoxy) is 4. The van der Waals surface area contributed by atoms with Crippen LogP contribution in [0, 0.1) is 0 Å². The molecule has 11 nitrogen and oxygen atoms in total. The number of carbonyl (C=O) groups excluding carboxylic acids is 1. The van der Waals surface area contributed by atoms with Crippen LogP contribution in [0.1, 0.15) is 25.6 Å². The number of hydrogen-bond donors (Lipinski definition) is 1. The molecule has 1 N–H and O–H groups in total. The van der Waals surface area contributed by atoms with E-state index in [4.69, 9.17) is 18.9 Å². The molecule has 35 heavy (non-hydrogen) atoms. The Balaban J connectivity index is 1.53. The van der Waals surface area contributed by atoms with Crippen molar-refractivity contribution >= 4 is 22.5 Å². The Morgan fingerprint density at radius 3 is 2.40 bits per heavy atom. The standard InChI is InChI=1S/C24H26N6O5/c1-14(2)30-12-15(10-28-30)29-23(31)9-19-20(32-3)6-16(11-25-19)35-24-17-7-21(33-4)22(34-5)8-18(17)26-13-27-24/h6-8,10-14H,9H2,1-5H3,(H,29,31). The number of rotatable bonds is 9. The first-order valence-electron chi connectivity index (χ1n) is 10.8. The molecular formula is C24H26N6O5. The minimum atomic E-state index is -0.240. The van der Waals surface area contributed by atoms with Gasteiger partial charge in [-0.3, -0.25) is 14.5 Å². The summed E-state index contributed by atoms with van der Waals surface area (Å²) in [5.41, 5.74) is 1.71. The van der Waals surface area contributed by atoms with Gasteiger partial charge in [0.2, 0.25) is 11.8 Å². The first kappa shape index (κ1) is 23.7. The maximum atomic E-state index is 12.6. The lowest BCUT2D eigenvalue weighted by Crippen LogP contribution is -2.15. The molecule has 0 unspecified atom stereocenters. The summed E-state index contributed by atoms with van der Waals surface area (Å²) in [6, 6.07) is 5.34. The predicted molar refractivity (Wildman–Crippen MR) is 128 cm³/mol. The second-order valence-corrected chi connectivity index (χ2v) is 7.85. The van der Waals surface area contributed by atoms with E-state index in [1.165, 1.54) is 19.6 Å². The van der Waals surface area contributed by atoms with Gasteiger partial charge in [0, 0.05) is 24.4 Å². The minimum Gasteiger partial charge on any atom is -0.495 e. The fourth-order valence-corrected chi connectivity index (χ4v) is 3.41. The lowest BCUT2D eigenvalue weighted by molar-refractivity contribution is -0.115. The molecule has 0 fully saturated rings. The molecule has 0 saturated heterocycles. The maximum Gasteiger partial charge on any atom is 0.230 e. The van der Waals surface area contributed by atoms with Crippen LogP contribution in [0.25, 0.3) is 10.9 Å². The van der Waals surface area contributed by atoms with Crippen LogP contribution >= 0.6 is 0 Å². The van der Waals surface area contributed by atoms with Crippen molar-refractivity contribution in [2.24, 2.45) is 0 Å². The molecule has 0 radical (unpaired) electrons. The molecule has 0 aliphatic carbocycles.